The number of hydrogen-bond acceptors (Lipinski definition) is 8. The summed E-state index contributed by atoms with van der Waals surface area (Å²) in [5, 5.41) is 16.9. The molecule has 0 saturated heterocycles. The van der Waals surface area contributed by atoms with E-state index in [9.17, 15) is 4.39 Å². The molecular formula is C19H14ClFN4O3S. The molecule has 2 aromatic heterocycles. The zero-order valence-electron chi connectivity index (χ0n) is 15.1. The first-order valence-electron chi connectivity index (χ1n) is 8.54. The summed E-state index contributed by atoms with van der Waals surface area (Å²) in [5.74, 6) is 1.06. The minimum absolute atomic E-state index is 0.119. The molecule has 1 atom stereocenters. The first-order valence-corrected chi connectivity index (χ1v) is 9.90. The molecule has 0 spiro atoms. The van der Waals surface area contributed by atoms with Crippen LogP contribution in [-0.2, 0) is 5.75 Å². The maximum absolute atomic E-state index is 13.7. The van der Waals surface area contributed by atoms with Crippen molar-refractivity contribution in [2.24, 2.45) is 0 Å². The summed E-state index contributed by atoms with van der Waals surface area (Å²) < 4.78 is 30.4. The van der Waals surface area contributed by atoms with Gasteiger partial charge in [-0.15, -0.1) is 20.4 Å². The second-order valence-electron chi connectivity index (χ2n) is 5.89. The molecule has 0 saturated carbocycles. The van der Waals surface area contributed by atoms with E-state index < -0.39 is 11.9 Å². The highest BCUT2D eigenvalue weighted by molar-refractivity contribution is 7.98. The van der Waals surface area contributed by atoms with Crippen molar-refractivity contribution in [1.29, 1.82) is 0 Å². The van der Waals surface area contributed by atoms with Gasteiger partial charge in [-0.3, -0.25) is 0 Å². The van der Waals surface area contributed by atoms with Crippen LogP contribution in [0.25, 0.3) is 11.5 Å². The third kappa shape index (κ3) is 4.75. The molecule has 10 heteroatoms. The fraction of sp³-hybridized carbons (Fsp3) is 0.158. The van der Waals surface area contributed by atoms with E-state index in [0.717, 1.165) is 5.56 Å². The lowest BCUT2D eigenvalue weighted by Crippen LogP contribution is -2.04. The third-order valence-corrected chi connectivity index (χ3v) is 4.84. The van der Waals surface area contributed by atoms with E-state index in [1.807, 2.05) is 0 Å². The van der Waals surface area contributed by atoms with E-state index in [0.29, 0.717) is 27.8 Å². The smallest absolute Gasteiger partial charge is 0.277 e. The van der Waals surface area contributed by atoms with E-state index >= 15 is 0 Å². The van der Waals surface area contributed by atoms with Crippen LogP contribution in [0.15, 0.2) is 62.6 Å². The molecule has 0 aliphatic rings. The fourth-order valence-electron chi connectivity index (χ4n) is 2.37. The molecule has 148 valence electrons. The second kappa shape index (κ2) is 8.62. The highest BCUT2D eigenvalue weighted by Gasteiger charge is 2.18. The Morgan fingerprint density at radius 1 is 1.03 bits per heavy atom. The van der Waals surface area contributed by atoms with Crippen molar-refractivity contribution < 1.29 is 18.0 Å². The monoisotopic (exact) mass is 432 g/mol. The molecule has 2 heterocycles. The number of aromatic nitrogens is 4. The van der Waals surface area contributed by atoms with Gasteiger partial charge in [-0.25, -0.2) is 4.39 Å². The maximum Gasteiger partial charge on any atom is 0.277 e. The van der Waals surface area contributed by atoms with E-state index in [1.54, 1.807) is 43.3 Å². The highest BCUT2D eigenvalue weighted by atomic mass is 35.5. The average Bonchev–Trinajstić information content (AvgIpc) is 3.38. The maximum atomic E-state index is 13.7. The number of nitrogens with zero attached hydrogens (tertiary/aromatic N) is 4. The Morgan fingerprint density at radius 2 is 1.83 bits per heavy atom. The van der Waals surface area contributed by atoms with Crippen LogP contribution in [0.2, 0.25) is 5.02 Å². The molecule has 0 aliphatic carbocycles. The topological polar surface area (TPSA) is 87.1 Å². The molecule has 29 heavy (non-hydrogen) atoms. The van der Waals surface area contributed by atoms with E-state index in [4.69, 9.17) is 25.2 Å². The largest absolute Gasteiger partial charge is 0.478 e. The lowest BCUT2D eigenvalue weighted by molar-refractivity contribution is 0.174. The lowest BCUT2D eigenvalue weighted by Gasteiger charge is -2.11. The Labute approximate surface area is 174 Å². The van der Waals surface area contributed by atoms with Gasteiger partial charge in [-0.1, -0.05) is 35.5 Å². The van der Waals surface area contributed by atoms with Gasteiger partial charge in [0.05, 0.1) is 5.75 Å². The summed E-state index contributed by atoms with van der Waals surface area (Å²) in [6.45, 7) is 1.70. The first kappa shape index (κ1) is 19.4. The Morgan fingerprint density at radius 3 is 2.62 bits per heavy atom. The van der Waals surface area contributed by atoms with Crippen LogP contribution >= 0.6 is 23.4 Å². The van der Waals surface area contributed by atoms with Crippen molar-refractivity contribution in [2.75, 3.05) is 0 Å². The summed E-state index contributed by atoms with van der Waals surface area (Å²) in [7, 11) is 0. The predicted octanol–water partition coefficient (Wildman–Crippen LogP) is 5.34. The van der Waals surface area contributed by atoms with Crippen LogP contribution < -0.4 is 4.74 Å². The summed E-state index contributed by atoms with van der Waals surface area (Å²) in [4.78, 5) is 0. The summed E-state index contributed by atoms with van der Waals surface area (Å²) >= 11 is 7.12. The number of benzene rings is 2. The van der Waals surface area contributed by atoms with Crippen molar-refractivity contribution in [3.05, 3.63) is 71.2 Å². The average molecular weight is 433 g/mol. The quantitative estimate of drug-likeness (QED) is 0.361. The molecule has 0 amide bonds. The van der Waals surface area contributed by atoms with Crippen LogP contribution in [0.1, 0.15) is 24.8 Å². The van der Waals surface area contributed by atoms with Crippen LogP contribution in [0.3, 0.4) is 0 Å². The Hall–Kier alpha value is -2.91. The number of para-hydroxylation sites is 1. The second-order valence-corrected chi connectivity index (χ2v) is 7.26. The van der Waals surface area contributed by atoms with Crippen LogP contribution in [0.5, 0.6) is 5.75 Å². The SMILES string of the molecule is CC(Oc1ccccc1F)c1nnc(SCc2nnc(-c3ccc(Cl)cc3)o2)o1. The molecule has 0 aliphatic heterocycles. The van der Waals surface area contributed by atoms with Crippen molar-refractivity contribution in [2.45, 2.75) is 24.0 Å². The first-order chi connectivity index (χ1) is 14.1. The Balaban J connectivity index is 1.36. The van der Waals surface area contributed by atoms with Crippen molar-refractivity contribution in [3.8, 4) is 17.2 Å². The number of rotatable bonds is 7. The van der Waals surface area contributed by atoms with Gasteiger partial charge < -0.3 is 13.6 Å². The zero-order chi connectivity index (χ0) is 20.2. The summed E-state index contributed by atoms with van der Waals surface area (Å²) in [6, 6.07) is 13.2. The molecule has 0 radical (unpaired) electrons. The van der Waals surface area contributed by atoms with Crippen LogP contribution in [0.4, 0.5) is 4.39 Å². The summed E-state index contributed by atoms with van der Waals surface area (Å²) in [6.07, 6.45) is -0.603. The fourth-order valence-corrected chi connectivity index (χ4v) is 3.10. The molecule has 2 aromatic carbocycles. The van der Waals surface area contributed by atoms with Gasteiger partial charge in [0.15, 0.2) is 17.7 Å². The number of thioether (sulfide) groups is 1. The zero-order valence-corrected chi connectivity index (χ0v) is 16.7. The minimum Gasteiger partial charge on any atom is -0.478 e. The van der Waals surface area contributed by atoms with Crippen molar-refractivity contribution >= 4 is 23.4 Å². The van der Waals surface area contributed by atoms with Crippen molar-refractivity contribution in [1.82, 2.24) is 20.4 Å². The normalized spacial score (nSPS) is 12.1. The number of hydrogen-bond donors (Lipinski definition) is 0. The van der Waals surface area contributed by atoms with Gasteiger partial charge in [0, 0.05) is 10.6 Å². The van der Waals surface area contributed by atoms with Gasteiger partial charge in [-0.05, 0) is 43.3 Å². The predicted molar refractivity (Wildman–Crippen MR) is 104 cm³/mol. The molecule has 7 nitrogen and oxygen atoms in total. The number of halogens is 2. The Kier molecular flexibility index (Phi) is 5.77. The molecule has 0 bridgehead atoms. The van der Waals surface area contributed by atoms with Gasteiger partial charge in [0.1, 0.15) is 0 Å². The number of ether oxygens (including phenoxy) is 1. The molecule has 1 unspecified atom stereocenters. The van der Waals surface area contributed by atoms with Gasteiger partial charge in [0.25, 0.3) is 11.1 Å². The molecular weight excluding hydrogens is 419 g/mol. The van der Waals surface area contributed by atoms with E-state index in [-0.39, 0.29) is 11.6 Å². The van der Waals surface area contributed by atoms with Gasteiger partial charge >= 0.3 is 0 Å². The van der Waals surface area contributed by atoms with Crippen LogP contribution in [0, 0.1) is 5.82 Å². The standard InChI is InChI=1S/C19H14ClFN4O3S/c1-11(26-15-5-3-2-4-14(15)21)17-23-25-19(28-17)29-10-16-22-24-18(27-16)12-6-8-13(20)9-7-12/h2-9,11H,10H2,1H3. The van der Waals surface area contributed by atoms with E-state index in [2.05, 4.69) is 20.4 Å². The summed E-state index contributed by atoms with van der Waals surface area (Å²) in [5.41, 5.74) is 0.775. The van der Waals surface area contributed by atoms with E-state index in [1.165, 1.54) is 23.9 Å². The van der Waals surface area contributed by atoms with Gasteiger partial charge in [-0.2, -0.15) is 0 Å². The molecule has 0 N–H and O–H groups in total. The van der Waals surface area contributed by atoms with Gasteiger partial charge in [0.2, 0.25) is 11.8 Å². The molecule has 0 fully saturated rings. The lowest BCUT2D eigenvalue weighted by atomic mass is 10.2. The Bertz CT molecular complexity index is 1100. The van der Waals surface area contributed by atoms with Crippen LogP contribution in [-0.4, -0.2) is 20.4 Å². The highest BCUT2D eigenvalue weighted by Crippen LogP contribution is 2.28. The third-order valence-electron chi connectivity index (χ3n) is 3.79. The molecule has 4 rings (SSSR count). The minimum atomic E-state index is -0.603. The molecule has 4 aromatic rings. The van der Waals surface area contributed by atoms with Crippen molar-refractivity contribution in [3.63, 3.8) is 0 Å².